The first-order chi connectivity index (χ1) is 10.0. The number of hydrogen-bond acceptors (Lipinski definition) is 3. The molecule has 1 aromatic heterocycles. The Morgan fingerprint density at radius 1 is 1.10 bits per heavy atom. The van der Waals surface area contributed by atoms with E-state index >= 15 is 0 Å². The number of fused-ring (bicyclic) bond motifs is 1. The standard InChI is InChI=1S/C17H22ClNO2/c1-6-20-12-8-9-13(21-7-2)17-15(12)16(18)14(10(3)4)11(5)19-17/h8-10H,6-7H2,1-5H3. The fraction of sp³-hybridized carbons (Fsp3) is 0.471. The Labute approximate surface area is 131 Å². The highest BCUT2D eigenvalue weighted by Gasteiger charge is 2.19. The van der Waals surface area contributed by atoms with E-state index in [1.54, 1.807) is 0 Å². The number of halogens is 1. The number of nitrogens with zero attached hydrogens (tertiary/aromatic N) is 1. The summed E-state index contributed by atoms with van der Waals surface area (Å²) in [6.45, 7) is 11.3. The van der Waals surface area contributed by atoms with Crippen molar-refractivity contribution in [3.63, 3.8) is 0 Å². The first-order valence-corrected chi connectivity index (χ1v) is 7.77. The van der Waals surface area contributed by atoms with Gasteiger partial charge in [0.15, 0.2) is 0 Å². The molecule has 0 aliphatic heterocycles. The lowest BCUT2D eigenvalue weighted by atomic mass is 9.99. The van der Waals surface area contributed by atoms with E-state index in [1.165, 1.54) is 0 Å². The zero-order valence-electron chi connectivity index (χ0n) is 13.3. The average Bonchev–Trinajstić information content (AvgIpc) is 2.41. The number of rotatable bonds is 5. The van der Waals surface area contributed by atoms with Gasteiger partial charge in [0.25, 0.3) is 0 Å². The molecular weight excluding hydrogens is 286 g/mol. The van der Waals surface area contributed by atoms with Gasteiger partial charge >= 0.3 is 0 Å². The molecule has 1 aromatic carbocycles. The van der Waals surface area contributed by atoms with Crippen molar-refractivity contribution in [2.45, 2.75) is 40.5 Å². The summed E-state index contributed by atoms with van der Waals surface area (Å²) in [5.74, 6) is 1.81. The zero-order chi connectivity index (χ0) is 15.6. The number of aryl methyl sites for hydroxylation is 1. The van der Waals surface area contributed by atoms with E-state index in [0.29, 0.717) is 19.1 Å². The molecule has 3 nitrogen and oxygen atoms in total. The molecule has 114 valence electrons. The van der Waals surface area contributed by atoms with Gasteiger partial charge in [-0.3, -0.25) is 0 Å². The van der Waals surface area contributed by atoms with E-state index in [9.17, 15) is 0 Å². The molecule has 2 rings (SSSR count). The molecule has 0 bridgehead atoms. The van der Waals surface area contributed by atoms with Crippen molar-refractivity contribution in [2.75, 3.05) is 13.2 Å². The first kappa shape index (κ1) is 15.9. The summed E-state index contributed by atoms with van der Waals surface area (Å²) in [5.41, 5.74) is 2.78. The van der Waals surface area contributed by atoms with Gasteiger partial charge in [-0.2, -0.15) is 0 Å². The third-order valence-electron chi connectivity index (χ3n) is 3.40. The lowest BCUT2D eigenvalue weighted by Crippen LogP contribution is -2.03. The van der Waals surface area contributed by atoms with Crippen LogP contribution in [0.25, 0.3) is 10.9 Å². The third-order valence-corrected chi connectivity index (χ3v) is 3.80. The Morgan fingerprint density at radius 3 is 2.24 bits per heavy atom. The Kier molecular flexibility index (Phi) is 4.94. The third kappa shape index (κ3) is 2.93. The fourth-order valence-corrected chi connectivity index (χ4v) is 3.15. The number of aromatic nitrogens is 1. The second-order valence-electron chi connectivity index (χ2n) is 5.23. The Bertz CT molecular complexity index is 653. The van der Waals surface area contributed by atoms with Crippen LogP contribution in [0, 0.1) is 6.92 Å². The second-order valence-corrected chi connectivity index (χ2v) is 5.61. The minimum Gasteiger partial charge on any atom is -0.493 e. The molecule has 0 N–H and O–H groups in total. The van der Waals surface area contributed by atoms with Crippen LogP contribution < -0.4 is 9.47 Å². The molecule has 0 fully saturated rings. The van der Waals surface area contributed by atoms with Crippen molar-refractivity contribution >= 4 is 22.5 Å². The molecule has 0 atom stereocenters. The SMILES string of the molecule is CCOc1ccc(OCC)c2c(Cl)c(C(C)C)c(C)nc12. The number of benzene rings is 1. The van der Waals surface area contributed by atoms with E-state index in [2.05, 4.69) is 13.8 Å². The van der Waals surface area contributed by atoms with Crippen molar-refractivity contribution in [1.82, 2.24) is 4.98 Å². The summed E-state index contributed by atoms with van der Waals surface area (Å²) in [7, 11) is 0. The van der Waals surface area contributed by atoms with Gasteiger partial charge in [-0.25, -0.2) is 4.98 Å². The predicted molar refractivity (Wildman–Crippen MR) is 87.9 cm³/mol. The summed E-state index contributed by atoms with van der Waals surface area (Å²) < 4.78 is 11.4. The van der Waals surface area contributed by atoms with Crippen LogP contribution in [-0.2, 0) is 0 Å². The minimum absolute atomic E-state index is 0.305. The van der Waals surface area contributed by atoms with Gasteiger partial charge in [0.1, 0.15) is 17.0 Å². The molecule has 0 saturated carbocycles. The second kappa shape index (κ2) is 6.52. The molecule has 0 amide bonds. The molecule has 0 saturated heterocycles. The van der Waals surface area contributed by atoms with Gasteiger partial charge in [-0.15, -0.1) is 0 Å². The lowest BCUT2D eigenvalue weighted by Gasteiger charge is -2.18. The quantitative estimate of drug-likeness (QED) is 0.768. The van der Waals surface area contributed by atoms with E-state index in [4.69, 9.17) is 26.1 Å². The minimum atomic E-state index is 0.305. The van der Waals surface area contributed by atoms with E-state index in [0.717, 1.165) is 38.7 Å². The van der Waals surface area contributed by atoms with Gasteiger partial charge in [-0.1, -0.05) is 25.4 Å². The molecule has 2 aromatic rings. The molecule has 0 radical (unpaired) electrons. The van der Waals surface area contributed by atoms with Gasteiger partial charge < -0.3 is 9.47 Å². The summed E-state index contributed by atoms with van der Waals surface area (Å²) in [6.07, 6.45) is 0. The van der Waals surface area contributed by atoms with Crippen LogP contribution in [0.3, 0.4) is 0 Å². The van der Waals surface area contributed by atoms with Crippen LogP contribution >= 0.6 is 11.6 Å². The molecule has 0 aliphatic rings. The summed E-state index contributed by atoms with van der Waals surface area (Å²) in [6, 6.07) is 3.80. The zero-order valence-corrected chi connectivity index (χ0v) is 14.0. The van der Waals surface area contributed by atoms with Gasteiger partial charge in [0.2, 0.25) is 0 Å². The maximum Gasteiger partial charge on any atom is 0.145 e. The molecule has 0 spiro atoms. The van der Waals surface area contributed by atoms with Crippen LogP contribution in [0.15, 0.2) is 12.1 Å². The summed E-state index contributed by atoms with van der Waals surface area (Å²) in [5, 5.41) is 1.57. The highest BCUT2D eigenvalue weighted by atomic mass is 35.5. The van der Waals surface area contributed by atoms with Gasteiger partial charge in [0.05, 0.1) is 23.6 Å². The number of hydrogen-bond donors (Lipinski definition) is 0. The van der Waals surface area contributed by atoms with Crippen molar-refractivity contribution in [1.29, 1.82) is 0 Å². The molecule has 1 heterocycles. The van der Waals surface area contributed by atoms with Gasteiger partial charge in [-0.05, 0) is 44.4 Å². The predicted octanol–water partition coefficient (Wildman–Crippen LogP) is 5.12. The fourth-order valence-electron chi connectivity index (χ4n) is 2.62. The smallest absolute Gasteiger partial charge is 0.145 e. The summed E-state index contributed by atoms with van der Waals surface area (Å²) >= 11 is 6.68. The van der Waals surface area contributed by atoms with E-state index in [-0.39, 0.29) is 0 Å². The monoisotopic (exact) mass is 307 g/mol. The normalized spacial score (nSPS) is 11.2. The van der Waals surface area contributed by atoms with Crippen molar-refractivity contribution in [3.8, 4) is 11.5 Å². The van der Waals surface area contributed by atoms with E-state index in [1.807, 2.05) is 32.9 Å². The maximum absolute atomic E-state index is 6.68. The molecule has 21 heavy (non-hydrogen) atoms. The van der Waals surface area contributed by atoms with Crippen molar-refractivity contribution in [2.24, 2.45) is 0 Å². The molecular formula is C17H22ClNO2. The molecule has 4 heteroatoms. The highest BCUT2D eigenvalue weighted by molar-refractivity contribution is 6.37. The van der Waals surface area contributed by atoms with Gasteiger partial charge in [0, 0.05) is 5.69 Å². The van der Waals surface area contributed by atoms with Crippen LogP contribution in [-0.4, -0.2) is 18.2 Å². The Hall–Kier alpha value is -1.48. The number of ether oxygens (including phenoxy) is 2. The van der Waals surface area contributed by atoms with Crippen LogP contribution in [0.5, 0.6) is 11.5 Å². The lowest BCUT2D eigenvalue weighted by molar-refractivity contribution is 0.336. The van der Waals surface area contributed by atoms with Crippen molar-refractivity contribution in [3.05, 3.63) is 28.4 Å². The average molecular weight is 308 g/mol. The maximum atomic E-state index is 6.68. The Balaban J connectivity index is 2.84. The summed E-state index contributed by atoms with van der Waals surface area (Å²) in [4.78, 5) is 4.73. The molecule has 0 unspecified atom stereocenters. The molecule has 0 aliphatic carbocycles. The van der Waals surface area contributed by atoms with E-state index < -0.39 is 0 Å². The Morgan fingerprint density at radius 2 is 1.67 bits per heavy atom. The van der Waals surface area contributed by atoms with Crippen LogP contribution in [0.4, 0.5) is 0 Å². The van der Waals surface area contributed by atoms with Crippen molar-refractivity contribution < 1.29 is 9.47 Å². The van der Waals surface area contributed by atoms with Crippen LogP contribution in [0.1, 0.15) is 44.9 Å². The largest absolute Gasteiger partial charge is 0.493 e. The topological polar surface area (TPSA) is 31.4 Å². The first-order valence-electron chi connectivity index (χ1n) is 7.39. The number of pyridine rings is 1. The van der Waals surface area contributed by atoms with Crippen LogP contribution in [0.2, 0.25) is 5.02 Å². The highest BCUT2D eigenvalue weighted by Crippen LogP contribution is 2.41.